The first-order chi connectivity index (χ1) is 13.0. The second-order valence-corrected chi connectivity index (χ2v) is 5.81. The third-order valence-corrected chi connectivity index (χ3v) is 4.17. The van der Waals surface area contributed by atoms with Gasteiger partial charge in [0.05, 0.1) is 5.69 Å². The number of ether oxygens (including phenoxy) is 1. The molecule has 0 aliphatic heterocycles. The minimum atomic E-state index is -1.21. The van der Waals surface area contributed by atoms with Gasteiger partial charge in [0.15, 0.2) is 6.61 Å². The van der Waals surface area contributed by atoms with E-state index in [4.69, 9.17) is 4.74 Å². The van der Waals surface area contributed by atoms with Crippen molar-refractivity contribution in [1.29, 1.82) is 0 Å². The zero-order chi connectivity index (χ0) is 19.4. The summed E-state index contributed by atoms with van der Waals surface area (Å²) in [7, 11) is 0. The highest BCUT2D eigenvalue weighted by molar-refractivity contribution is 6.04. The molecular formula is C21H17F2NO3. The quantitative estimate of drug-likeness (QED) is 0.629. The van der Waals surface area contributed by atoms with Crippen molar-refractivity contribution >= 4 is 28.3 Å². The molecular weight excluding hydrogens is 352 g/mol. The second kappa shape index (κ2) is 7.95. The van der Waals surface area contributed by atoms with Crippen molar-refractivity contribution in [3.63, 3.8) is 0 Å². The molecule has 0 fully saturated rings. The molecule has 4 nitrogen and oxygen atoms in total. The molecule has 0 radical (unpaired) electrons. The number of nitrogens with zero attached hydrogens (tertiary/aromatic N) is 1. The monoisotopic (exact) mass is 369 g/mol. The predicted molar refractivity (Wildman–Crippen MR) is 98.6 cm³/mol. The Bertz CT molecular complexity index is 978. The van der Waals surface area contributed by atoms with Crippen molar-refractivity contribution in [2.24, 2.45) is 0 Å². The van der Waals surface area contributed by atoms with Crippen LogP contribution in [0.5, 0.6) is 0 Å². The first-order valence-corrected chi connectivity index (χ1v) is 8.42. The summed E-state index contributed by atoms with van der Waals surface area (Å²) in [5, 5.41) is 1.84. The molecule has 3 aromatic rings. The maximum absolute atomic E-state index is 13.7. The number of carbonyl (C=O) groups is 2. The normalized spacial score (nSPS) is 10.6. The molecule has 0 heterocycles. The lowest BCUT2D eigenvalue weighted by Crippen LogP contribution is -2.34. The van der Waals surface area contributed by atoms with Crippen molar-refractivity contribution in [3.8, 4) is 0 Å². The number of hydrogen-bond donors (Lipinski definition) is 0. The topological polar surface area (TPSA) is 46.6 Å². The molecule has 0 saturated carbocycles. The molecule has 0 N–H and O–H groups in total. The van der Waals surface area contributed by atoms with Crippen molar-refractivity contribution in [1.82, 2.24) is 0 Å². The average Bonchev–Trinajstić information content (AvgIpc) is 2.67. The SMILES string of the molecule is CCN(C(=O)COC(=O)c1c(F)cccc1F)c1cccc2ccccc12. The highest BCUT2D eigenvalue weighted by Crippen LogP contribution is 2.26. The first kappa shape index (κ1) is 18.5. The largest absolute Gasteiger partial charge is 0.452 e. The summed E-state index contributed by atoms with van der Waals surface area (Å²) < 4.78 is 32.2. The molecule has 138 valence electrons. The van der Waals surface area contributed by atoms with Crippen LogP contribution in [0.3, 0.4) is 0 Å². The van der Waals surface area contributed by atoms with Crippen LogP contribution in [0.15, 0.2) is 60.7 Å². The van der Waals surface area contributed by atoms with Gasteiger partial charge in [-0.3, -0.25) is 4.79 Å². The van der Waals surface area contributed by atoms with Crippen LogP contribution in [0.4, 0.5) is 14.5 Å². The van der Waals surface area contributed by atoms with Crippen LogP contribution in [0.1, 0.15) is 17.3 Å². The van der Waals surface area contributed by atoms with E-state index in [-0.39, 0.29) is 0 Å². The van der Waals surface area contributed by atoms with Crippen LogP contribution in [0.2, 0.25) is 0 Å². The zero-order valence-corrected chi connectivity index (χ0v) is 14.6. The maximum atomic E-state index is 13.7. The van der Waals surface area contributed by atoms with E-state index < -0.39 is 35.7 Å². The van der Waals surface area contributed by atoms with E-state index in [1.807, 2.05) is 36.4 Å². The third kappa shape index (κ3) is 3.79. The third-order valence-electron chi connectivity index (χ3n) is 4.17. The van der Waals surface area contributed by atoms with Gasteiger partial charge in [-0.2, -0.15) is 0 Å². The highest BCUT2D eigenvalue weighted by Gasteiger charge is 2.22. The predicted octanol–water partition coefficient (Wildman–Crippen LogP) is 4.33. The van der Waals surface area contributed by atoms with E-state index in [2.05, 4.69) is 0 Å². The van der Waals surface area contributed by atoms with Gasteiger partial charge in [0.1, 0.15) is 17.2 Å². The van der Waals surface area contributed by atoms with Gasteiger partial charge in [-0.25, -0.2) is 13.6 Å². The van der Waals surface area contributed by atoms with Crippen LogP contribution >= 0.6 is 0 Å². The molecule has 0 spiro atoms. The molecule has 0 aromatic heterocycles. The van der Waals surface area contributed by atoms with Gasteiger partial charge in [-0.15, -0.1) is 0 Å². The fourth-order valence-electron chi connectivity index (χ4n) is 2.89. The fourth-order valence-corrected chi connectivity index (χ4v) is 2.89. The molecule has 0 aliphatic rings. The fraction of sp³-hybridized carbons (Fsp3) is 0.143. The van der Waals surface area contributed by atoms with Crippen LogP contribution in [0.25, 0.3) is 10.8 Å². The van der Waals surface area contributed by atoms with E-state index in [1.165, 1.54) is 4.90 Å². The number of halogens is 2. The highest BCUT2D eigenvalue weighted by atomic mass is 19.1. The van der Waals surface area contributed by atoms with E-state index in [9.17, 15) is 18.4 Å². The standard InChI is InChI=1S/C21H17F2NO3/c1-2-24(18-12-5-8-14-7-3-4-9-15(14)18)19(25)13-27-21(26)20-16(22)10-6-11-17(20)23/h3-12H,2,13H2,1H3. The second-order valence-electron chi connectivity index (χ2n) is 5.81. The molecule has 6 heteroatoms. The van der Waals surface area contributed by atoms with Crippen LogP contribution in [-0.4, -0.2) is 25.0 Å². The van der Waals surface area contributed by atoms with Crippen molar-refractivity contribution in [2.45, 2.75) is 6.92 Å². The van der Waals surface area contributed by atoms with E-state index >= 15 is 0 Å². The summed E-state index contributed by atoms with van der Waals surface area (Å²) in [6.07, 6.45) is 0. The number of rotatable bonds is 5. The number of anilines is 1. The Morgan fingerprint density at radius 1 is 0.926 bits per heavy atom. The number of esters is 1. The summed E-state index contributed by atoms with van der Waals surface area (Å²) >= 11 is 0. The first-order valence-electron chi connectivity index (χ1n) is 8.42. The van der Waals surface area contributed by atoms with Crippen molar-refractivity contribution in [3.05, 3.63) is 77.9 Å². The lowest BCUT2D eigenvalue weighted by Gasteiger charge is -2.22. The number of fused-ring (bicyclic) bond motifs is 1. The Morgan fingerprint density at radius 2 is 1.56 bits per heavy atom. The van der Waals surface area contributed by atoms with Crippen molar-refractivity contribution in [2.75, 3.05) is 18.1 Å². The molecule has 0 aliphatic carbocycles. The Morgan fingerprint density at radius 3 is 2.26 bits per heavy atom. The average molecular weight is 369 g/mol. The van der Waals surface area contributed by atoms with Gasteiger partial charge < -0.3 is 9.64 Å². The van der Waals surface area contributed by atoms with Gasteiger partial charge >= 0.3 is 5.97 Å². The number of likely N-dealkylation sites (N-methyl/N-ethyl adjacent to an activating group) is 1. The number of amides is 1. The van der Waals surface area contributed by atoms with E-state index in [0.717, 1.165) is 29.0 Å². The molecule has 0 bridgehead atoms. The molecule has 0 saturated heterocycles. The van der Waals surface area contributed by atoms with Crippen LogP contribution in [-0.2, 0) is 9.53 Å². The minimum Gasteiger partial charge on any atom is -0.452 e. The van der Waals surface area contributed by atoms with Gasteiger partial charge in [0, 0.05) is 11.9 Å². The van der Waals surface area contributed by atoms with Gasteiger partial charge in [-0.1, -0.05) is 42.5 Å². The molecule has 27 heavy (non-hydrogen) atoms. The lowest BCUT2D eigenvalue weighted by molar-refractivity contribution is -0.121. The summed E-state index contributed by atoms with van der Waals surface area (Å²) in [5.41, 5.74) is -0.132. The maximum Gasteiger partial charge on any atom is 0.344 e. The molecule has 3 aromatic carbocycles. The Balaban J connectivity index is 1.79. The number of hydrogen-bond acceptors (Lipinski definition) is 3. The Labute approximate surface area is 155 Å². The van der Waals surface area contributed by atoms with Gasteiger partial charge in [0.25, 0.3) is 5.91 Å². The van der Waals surface area contributed by atoms with Gasteiger partial charge in [0.2, 0.25) is 0 Å². The zero-order valence-electron chi connectivity index (χ0n) is 14.6. The summed E-state index contributed by atoms with van der Waals surface area (Å²) in [6.45, 7) is 1.51. The van der Waals surface area contributed by atoms with Crippen molar-refractivity contribution < 1.29 is 23.1 Å². The molecule has 0 atom stereocenters. The summed E-state index contributed by atoms with van der Waals surface area (Å²) in [6, 6.07) is 16.2. The molecule has 3 rings (SSSR count). The van der Waals surface area contributed by atoms with Crippen LogP contribution < -0.4 is 4.90 Å². The number of carbonyl (C=O) groups excluding carboxylic acids is 2. The smallest absolute Gasteiger partial charge is 0.344 e. The minimum absolute atomic E-state index is 0.346. The Kier molecular flexibility index (Phi) is 5.45. The van der Waals surface area contributed by atoms with E-state index in [1.54, 1.807) is 13.0 Å². The summed E-state index contributed by atoms with van der Waals surface area (Å²) in [4.78, 5) is 26.0. The Hall–Kier alpha value is -3.28. The van der Waals surface area contributed by atoms with Gasteiger partial charge in [-0.05, 0) is 30.5 Å². The number of benzene rings is 3. The lowest BCUT2D eigenvalue weighted by atomic mass is 10.1. The van der Waals surface area contributed by atoms with E-state index in [0.29, 0.717) is 12.2 Å². The molecule has 0 unspecified atom stereocenters. The summed E-state index contributed by atoms with van der Waals surface area (Å²) in [5.74, 6) is -3.77. The van der Waals surface area contributed by atoms with Crippen LogP contribution in [0, 0.1) is 11.6 Å². The molecule has 1 amide bonds.